The van der Waals surface area contributed by atoms with Crippen LogP contribution < -0.4 is 46.8 Å². The molecular weight excluding hydrogens is 1690 g/mol. The highest BCUT2D eigenvalue weighted by Crippen LogP contribution is 2.01. The summed E-state index contributed by atoms with van der Waals surface area (Å²) in [7, 11) is 0. The van der Waals surface area contributed by atoms with Crippen LogP contribution in [0.15, 0.2) is 158 Å². The van der Waals surface area contributed by atoms with E-state index < -0.39 is 35.8 Å². The lowest BCUT2D eigenvalue weighted by Crippen LogP contribution is -2.39. The van der Waals surface area contributed by atoms with Crippen molar-refractivity contribution in [3.63, 3.8) is 0 Å². The maximum atomic E-state index is 11.7. The summed E-state index contributed by atoms with van der Waals surface area (Å²) >= 11 is 3.00. The molecule has 0 saturated carbocycles. The number of aliphatic imine (C=N–C) groups is 2. The minimum Gasteiger partial charge on any atom is -0.462 e. The fourth-order valence-electron chi connectivity index (χ4n) is 7.05. The summed E-state index contributed by atoms with van der Waals surface area (Å²) in [6.45, 7) is 39.0. The summed E-state index contributed by atoms with van der Waals surface area (Å²) in [5.74, 6) is -3.14. The molecule has 38 nitrogen and oxygen atoms in total. The van der Waals surface area contributed by atoms with Gasteiger partial charge in [0.25, 0.3) is 0 Å². The molecule has 0 atom stereocenters. The molecule has 4 heterocycles. The number of halogens is 3. The van der Waals surface area contributed by atoms with Crippen LogP contribution in [0, 0.1) is 0 Å². The standard InChI is InChI=1S/C23H34N4O7.C15H24N4O4.C13H20N4O3.2C7H9NO3.C6H11N3.C2H5BrO.2BrH/c1-18(2)21(29)33-14-5-7-20(28)32-16-13-27-12-11-26(17-27)10-6-8-24-23(31)25-9-15-34-22(30)19(3)4;1-13(2)14(21)23-11-5-17-15(22)16-4-3-6-18-7-8-19(12-18)9-10-20;1-11(2)12(18)20-9-6-16-13(19)15-4-3-7-17-8-5-14-10-17;2*1-6(2)7(10)11-4-3-8-5-9;7-2-1-4-9-5-3-8-6-9;3-1-2-4;;/h11-12,17H,1,3,5-10,13-16H2,2,4H3,(H-,24,25,31);7-8,12,20H,1,3-6,9-11H2,2H3,(H-,16,17,22);5,8,10H,1,3-4,6-7,9H2,2H3,(H2,15,16,19);2*1,3-4H2,2H3;3,5-6H,1-2,4,7H2;4H,1-2H2;2*1H/p+2. The van der Waals surface area contributed by atoms with Crippen LogP contribution in [0.3, 0.4) is 0 Å². The predicted molar refractivity (Wildman–Crippen MR) is 435 cm³/mol. The minimum absolute atomic E-state index is 0. The highest BCUT2D eigenvalue weighted by molar-refractivity contribution is 9.09. The monoisotopic (exact) mass is 1800 g/mol. The topological polar surface area (TPSA) is 486 Å². The number of rotatable bonds is 46. The van der Waals surface area contributed by atoms with Crippen molar-refractivity contribution in [3.05, 3.63) is 148 Å². The number of amides is 6. The molecule has 0 aliphatic rings. The molecule has 0 fully saturated rings. The molecule has 638 valence electrons. The SMILES string of the molecule is Br.Br.C=C(C)C(=O)OCCCC(=O)OCCn1cc[n+](CCCNC(=O)NCCOC(=O)C(=C)C)c1.C=C(C)C(=O)OCCN=C=O.C=C(C)C(=O)OCCN=C=O.C=C(C)C(=O)OCCNC(=O)NCCC[n+]1ccn(CCO)c1.C=C(C)C(=O)OCCNC(=O)NCCCn1ccnc1.NCCCn1ccnc1.OCCBr. The number of ether oxygens (including phenoxy) is 7. The molecule has 0 bridgehead atoms. The molecule has 0 unspecified atom stereocenters. The van der Waals surface area contributed by atoms with E-state index in [4.69, 9.17) is 39.6 Å². The summed E-state index contributed by atoms with van der Waals surface area (Å²) in [4.78, 5) is 145. The summed E-state index contributed by atoms with van der Waals surface area (Å²) in [5.41, 5.74) is 7.29. The first-order chi connectivity index (χ1) is 53.5. The lowest BCUT2D eigenvalue weighted by atomic mass is 10.3. The number of aliphatic hydroxyl groups excluding tert-OH is 2. The van der Waals surface area contributed by atoms with Gasteiger partial charge in [-0.1, -0.05) is 55.4 Å². The molecule has 4 aromatic heterocycles. The van der Waals surface area contributed by atoms with Crippen LogP contribution in [-0.4, -0.2) is 234 Å². The second-order valence-electron chi connectivity index (χ2n) is 23.0. The number of aryl methyl sites for hydroxylation is 4. The fourth-order valence-corrected chi connectivity index (χ4v) is 7.05. The number of hydrogen-bond acceptors (Lipinski definition) is 26. The van der Waals surface area contributed by atoms with Crippen LogP contribution in [0.2, 0.25) is 0 Å². The van der Waals surface area contributed by atoms with E-state index in [-0.39, 0.29) is 157 Å². The molecule has 0 aromatic carbocycles. The molecule has 0 saturated heterocycles. The number of carbonyl (C=O) groups excluding carboxylic acids is 12. The lowest BCUT2D eigenvalue weighted by Gasteiger charge is -2.08. The van der Waals surface area contributed by atoms with E-state index in [0.717, 1.165) is 51.9 Å². The zero-order chi connectivity index (χ0) is 84.5. The van der Waals surface area contributed by atoms with Crippen molar-refractivity contribution in [1.82, 2.24) is 60.1 Å². The van der Waals surface area contributed by atoms with Gasteiger partial charge in [0.1, 0.15) is 77.5 Å². The second kappa shape index (κ2) is 76.4. The van der Waals surface area contributed by atoms with Crippen molar-refractivity contribution >= 4 is 122 Å². The first-order valence-electron chi connectivity index (χ1n) is 35.2. The molecule has 6 amide bonds. The zero-order valence-electron chi connectivity index (χ0n) is 66.0. The number of nitrogens with zero attached hydrogens (tertiary/aromatic N) is 10. The van der Waals surface area contributed by atoms with Crippen molar-refractivity contribution in [3.8, 4) is 0 Å². The highest BCUT2D eigenvalue weighted by Gasteiger charge is 2.12. The summed E-state index contributed by atoms with van der Waals surface area (Å²) in [5, 5.41) is 33.3. The number of nitrogens with two attached hydrogens (primary N) is 1. The number of nitrogens with one attached hydrogen (secondary N) is 6. The van der Waals surface area contributed by atoms with Crippen LogP contribution in [0.5, 0.6) is 0 Å². The van der Waals surface area contributed by atoms with Crippen LogP contribution >= 0.6 is 49.9 Å². The number of esters is 7. The summed E-state index contributed by atoms with van der Waals surface area (Å²) in [6, 6.07) is -0.897. The molecule has 114 heavy (non-hydrogen) atoms. The first-order valence-corrected chi connectivity index (χ1v) is 36.4. The van der Waals surface area contributed by atoms with E-state index in [1.54, 1.807) is 66.6 Å². The van der Waals surface area contributed by atoms with Gasteiger partial charge in [-0.25, -0.2) is 91.0 Å². The molecule has 0 aliphatic heterocycles. The van der Waals surface area contributed by atoms with Gasteiger partial charge in [0, 0.05) is 116 Å². The Labute approximate surface area is 694 Å². The number of hydrogen-bond donors (Lipinski definition) is 9. The van der Waals surface area contributed by atoms with Crippen molar-refractivity contribution in [2.24, 2.45) is 15.7 Å². The van der Waals surface area contributed by atoms with Gasteiger partial charge in [0.2, 0.25) is 24.8 Å². The Morgan fingerprint density at radius 2 is 0.772 bits per heavy atom. The maximum Gasteiger partial charge on any atom is 0.333 e. The fraction of sp³-hybridized carbons (Fsp3) is 0.507. The van der Waals surface area contributed by atoms with E-state index in [1.165, 1.54) is 12.2 Å². The van der Waals surface area contributed by atoms with Gasteiger partial charge in [-0.3, -0.25) is 4.79 Å². The van der Waals surface area contributed by atoms with Gasteiger partial charge in [-0.2, -0.15) is 0 Å². The molecule has 0 radical (unpaired) electrons. The summed E-state index contributed by atoms with van der Waals surface area (Å²) in [6.07, 6.45) is 28.8. The van der Waals surface area contributed by atoms with Crippen molar-refractivity contribution in [2.45, 2.75) is 119 Å². The van der Waals surface area contributed by atoms with E-state index in [2.05, 4.69) is 117 Å². The molecular formula is C73H116Br3N17O21+2. The van der Waals surface area contributed by atoms with Gasteiger partial charge in [0.05, 0.1) is 78.3 Å². The van der Waals surface area contributed by atoms with Crippen molar-refractivity contribution in [1.29, 1.82) is 0 Å². The predicted octanol–water partition coefficient (Wildman–Crippen LogP) is 3.94. The molecule has 41 heteroatoms. The molecule has 4 rings (SSSR count). The van der Waals surface area contributed by atoms with E-state index >= 15 is 0 Å². The average Bonchev–Trinajstić information content (AvgIpc) is 1.78. The smallest absolute Gasteiger partial charge is 0.333 e. The Balaban J connectivity index is -0.000000435. The van der Waals surface area contributed by atoms with E-state index in [0.29, 0.717) is 84.5 Å². The molecule has 0 spiro atoms. The van der Waals surface area contributed by atoms with Crippen molar-refractivity contribution < 1.29 is 110 Å². The minimum atomic E-state index is -0.483. The second-order valence-corrected chi connectivity index (χ2v) is 23.8. The highest BCUT2D eigenvalue weighted by atomic mass is 79.9. The maximum absolute atomic E-state index is 11.7. The van der Waals surface area contributed by atoms with Gasteiger partial charge in [-0.05, 0) is 67.3 Å². The van der Waals surface area contributed by atoms with Gasteiger partial charge < -0.3 is 90.1 Å². The lowest BCUT2D eigenvalue weighted by molar-refractivity contribution is -0.696. The van der Waals surface area contributed by atoms with Crippen LogP contribution in [0.1, 0.15) is 80.1 Å². The quantitative estimate of drug-likeness (QED) is 0.00442. The normalized spacial score (nSPS) is 9.42. The van der Waals surface area contributed by atoms with Gasteiger partial charge in [0.15, 0.2) is 0 Å². The largest absolute Gasteiger partial charge is 0.462 e. The van der Waals surface area contributed by atoms with Crippen molar-refractivity contribution in [2.75, 3.05) is 124 Å². The third-order valence-corrected chi connectivity index (χ3v) is 13.0. The number of carbonyl (C=O) groups is 10. The Morgan fingerprint density at radius 1 is 0.439 bits per heavy atom. The van der Waals surface area contributed by atoms with E-state index in [9.17, 15) is 57.5 Å². The Kier molecular flexibility index (Phi) is 75.1. The number of aliphatic hydroxyl groups is 2. The van der Waals surface area contributed by atoms with Gasteiger partial charge in [-0.15, -0.1) is 34.0 Å². The van der Waals surface area contributed by atoms with Gasteiger partial charge >= 0.3 is 59.9 Å². The number of isocyanates is 2. The third kappa shape index (κ3) is 70.6. The van der Waals surface area contributed by atoms with Crippen LogP contribution in [0.25, 0.3) is 0 Å². The molecule has 10 N–H and O–H groups in total. The average molecular weight is 1810 g/mol. The zero-order valence-corrected chi connectivity index (χ0v) is 71.0. The number of aromatic nitrogens is 8. The Hall–Kier alpha value is -10.5. The first kappa shape index (κ1) is 112. The Morgan fingerprint density at radius 3 is 1.10 bits per heavy atom. The Bertz CT molecular complexity index is 3490. The number of imidazole rings is 4. The van der Waals surface area contributed by atoms with Crippen LogP contribution in [-0.2, 0) is 116 Å². The molecule has 0 aliphatic carbocycles. The number of urea groups is 3. The number of alkyl halides is 1. The van der Waals surface area contributed by atoms with E-state index in [1.807, 2.05) is 77.2 Å². The molecule has 4 aromatic rings. The summed E-state index contributed by atoms with van der Waals surface area (Å²) < 4.78 is 45.6. The third-order valence-electron chi connectivity index (χ3n) is 12.6. The van der Waals surface area contributed by atoms with Crippen LogP contribution in [0.4, 0.5) is 14.4 Å².